The molecule has 90 valence electrons. The zero-order chi connectivity index (χ0) is 11.9. The minimum Gasteiger partial charge on any atom is -0.491 e. The number of benzene rings is 2. The van der Waals surface area contributed by atoms with Gasteiger partial charge in [0.2, 0.25) is 0 Å². The first-order valence-electron chi connectivity index (χ1n) is 5.70. The summed E-state index contributed by atoms with van der Waals surface area (Å²) in [7, 11) is 0. The van der Waals surface area contributed by atoms with Gasteiger partial charge in [0, 0.05) is 5.75 Å². The zero-order valence-corrected chi connectivity index (χ0v) is 10.5. The van der Waals surface area contributed by atoms with Crippen molar-refractivity contribution < 1.29 is 9.47 Å². The van der Waals surface area contributed by atoms with E-state index < -0.39 is 0 Å². The van der Waals surface area contributed by atoms with E-state index in [1.54, 1.807) is 0 Å². The summed E-state index contributed by atoms with van der Waals surface area (Å²) in [5.74, 6) is 1.63. The lowest BCUT2D eigenvalue weighted by Crippen LogP contribution is -2.07. The van der Waals surface area contributed by atoms with Crippen LogP contribution in [0.1, 0.15) is 0 Å². The van der Waals surface area contributed by atoms with Crippen molar-refractivity contribution in [1.82, 2.24) is 0 Å². The largest absolute Gasteiger partial charge is 0.491 e. The number of fused-ring (bicyclic) bond motifs is 1. The molecule has 0 heterocycles. The first-order valence-corrected chi connectivity index (χ1v) is 6.33. The van der Waals surface area contributed by atoms with Gasteiger partial charge in [-0.1, -0.05) is 30.3 Å². The third-order valence-corrected chi connectivity index (χ3v) is 2.64. The van der Waals surface area contributed by atoms with Gasteiger partial charge in [-0.3, -0.25) is 0 Å². The molecule has 0 radical (unpaired) electrons. The number of ether oxygens (including phenoxy) is 2. The highest BCUT2D eigenvalue weighted by molar-refractivity contribution is 7.80. The average molecular weight is 248 g/mol. The van der Waals surface area contributed by atoms with E-state index in [-0.39, 0.29) is 0 Å². The molecule has 2 aromatic carbocycles. The lowest BCUT2D eigenvalue weighted by atomic mass is 10.1. The van der Waals surface area contributed by atoms with E-state index in [0.717, 1.165) is 11.5 Å². The van der Waals surface area contributed by atoms with Crippen LogP contribution in [0, 0.1) is 0 Å². The molecule has 0 amide bonds. The molecule has 17 heavy (non-hydrogen) atoms. The summed E-state index contributed by atoms with van der Waals surface area (Å²) in [6, 6.07) is 14.3. The Morgan fingerprint density at radius 3 is 2.53 bits per heavy atom. The van der Waals surface area contributed by atoms with Gasteiger partial charge in [-0.25, -0.2) is 0 Å². The summed E-state index contributed by atoms with van der Waals surface area (Å²) in [4.78, 5) is 0. The van der Waals surface area contributed by atoms with Crippen molar-refractivity contribution >= 4 is 23.4 Å². The molecule has 0 aliphatic carbocycles. The van der Waals surface area contributed by atoms with Gasteiger partial charge in [0.25, 0.3) is 0 Å². The Morgan fingerprint density at radius 1 is 0.882 bits per heavy atom. The Bertz CT molecular complexity index is 470. The molecular formula is C14H16O2S. The molecular weight excluding hydrogens is 232 g/mol. The first-order chi connectivity index (χ1) is 8.40. The summed E-state index contributed by atoms with van der Waals surface area (Å²) >= 11 is 4.07. The Morgan fingerprint density at radius 2 is 1.71 bits per heavy atom. The van der Waals surface area contributed by atoms with Gasteiger partial charge in [-0.05, 0) is 22.9 Å². The highest BCUT2D eigenvalue weighted by Gasteiger charge is 1.96. The second-order valence-corrected chi connectivity index (χ2v) is 4.14. The normalized spacial score (nSPS) is 10.6. The Kier molecular flexibility index (Phi) is 4.71. The molecule has 3 heteroatoms. The molecule has 0 spiro atoms. The predicted molar refractivity (Wildman–Crippen MR) is 74.1 cm³/mol. The maximum Gasteiger partial charge on any atom is 0.120 e. The predicted octanol–water partition coefficient (Wildman–Crippen LogP) is 3.17. The molecule has 0 bridgehead atoms. The molecule has 0 fully saturated rings. The van der Waals surface area contributed by atoms with Crippen LogP contribution in [-0.2, 0) is 4.74 Å². The molecule has 0 N–H and O–H groups in total. The topological polar surface area (TPSA) is 18.5 Å². The monoisotopic (exact) mass is 248 g/mol. The van der Waals surface area contributed by atoms with Crippen LogP contribution < -0.4 is 4.74 Å². The van der Waals surface area contributed by atoms with Gasteiger partial charge in [-0.15, -0.1) is 0 Å². The molecule has 2 aromatic rings. The van der Waals surface area contributed by atoms with E-state index in [1.165, 1.54) is 10.8 Å². The molecule has 0 aromatic heterocycles. The third kappa shape index (κ3) is 3.65. The Labute approximate surface area is 107 Å². The summed E-state index contributed by atoms with van der Waals surface area (Å²) in [5, 5.41) is 2.42. The highest BCUT2D eigenvalue weighted by atomic mass is 32.1. The van der Waals surface area contributed by atoms with E-state index in [2.05, 4.69) is 30.8 Å². The van der Waals surface area contributed by atoms with Crippen molar-refractivity contribution in [2.45, 2.75) is 0 Å². The van der Waals surface area contributed by atoms with Gasteiger partial charge in [0.05, 0.1) is 13.2 Å². The molecule has 2 nitrogen and oxygen atoms in total. The van der Waals surface area contributed by atoms with E-state index in [9.17, 15) is 0 Å². The molecule has 0 saturated carbocycles. The van der Waals surface area contributed by atoms with Crippen LogP contribution >= 0.6 is 12.6 Å². The molecule has 0 atom stereocenters. The van der Waals surface area contributed by atoms with E-state index in [4.69, 9.17) is 9.47 Å². The maximum absolute atomic E-state index is 5.61. The van der Waals surface area contributed by atoms with E-state index in [0.29, 0.717) is 19.8 Å². The molecule has 0 saturated heterocycles. The van der Waals surface area contributed by atoms with Gasteiger partial charge in [0.15, 0.2) is 0 Å². The number of rotatable bonds is 6. The van der Waals surface area contributed by atoms with Crippen LogP contribution in [0.2, 0.25) is 0 Å². The van der Waals surface area contributed by atoms with Crippen LogP contribution in [0.4, 0.5) is 0 Å². The fourth-order valence-electron chi connectivity index (χ4n) is 1.64. The van der Waals surface area contributed by atoms with Crippen molar-refractivity contribution in [3.05, 3.63) is 42.5 Å². The third-order valence-electron chi connectivity index (χ3n) is 2.45. The Balaban J connectivity index is 1.90. The van der Waals surface area contributed by atoms with Crippen LogP contribution in [0.25, 0.3) is 10.8 Å². The molecule has 0 aliphatic heterocycles. The molecule has 0 unspecified atom stereocenters. The summed E-state index contributed by atoms with van der Waals surface area (Å²) < 4.78 is 10.9. The quantitative estimate of drug-likeness (QED) is 0.625. The summed E-state index contributed by atoms with van der Waals surface area (Å²) in [6.45, 7) is 1.85. The second kappa shape index (κ2) is 6.52. The Hall–Kier alpha value is -1.19. The number of hydrogen-bond acceptors (Lipinski definition) is 3. The van der Waals surface area contributed by atoms with Crippen LogP contribution in [0.15, 0.2) is 42.5 Å². The average Bonchev–Trinajstić information content (AvgIpc) is 2.38. The van der Waals surface area contributed by atoms with E-state index >= 15 is 0 Å². The van der Waals surface area contributed by atoms with Crippen molar-refractivity contribution in [1.29, 1.82) is 0 Å². The lowest BCUT2D eigenvalue weighted by molar-refractivity contribution is 0.112. The lowest BCUT2D eigenvalue weighted by Gasteiger charge is -2.07. The van der Waals surface area contributed by atoms with Crippen LogP contribution in [0.3, 0.4) is 0 Å². The SMILES string of the molecule is SCCOCCOc1ccc2ccccc2c1. The number of thiol groups is 1. The summed E-state index contributed by atoms with van der Waals surface area (Å²) in [6.07, 6.45) is 0. The number of hydrogen-bond donors (Lipinski definition) is 1. The fourth-order valence-corrected chi connectivity index (χ4v) is 1.77. The van der Waals surface area contributed by atoms with Crippen molar-refractivity contribution in [2.24, 2.45) is 0 Å². The molecule has 2 rings (SSSR count). The van der Waals surface area contributed by atoms with Gasteiger partial charge < -0.3 is 9.47 Å². The highest BCUT2D eigenvalue weighted by Crippen LogP contribution is 2.20. The molecule has 0 aliphatic rings. The first kappa shape index (κ1) is 12.3. The smallest absolute Gasteiger partial charge is 0.120 e. The van der Waals surface area contributed by atoms with Gasteiger partial charge in [0.1, 0.15) is 12.4 Å². The van der Waals surface area contributed by atoms with E-state index in [1.807, 2.05) is 24.3 Å². The fraction of sp³-hybridized carbons (Fsp3) is 0.286. The van der Waals surface area contributed by atoms with Crippen molar-refractivity contribution in [3.8, 4) is 5.75 Å². The minimum atomic E-state index is 0.576. The van der Waals surface area contributed by atoms with Gasteiger partial charge >= 0.3 is 0 Å². The van der Waals surface area contributed by atoms with Crippen molar-refractivity contribution in [2.75, 3.05) is 25.6 Å². The second-order valence-electron chi connectivity index (χ2n) is 3.69. The van der Waals surface area contributed by atoms with Crippen molar-refractivity contribution in [3.63, 3.8) is 0 Å². The van der Waals surface area contributed by atoms with Gasteiger partial charge in [-0.2, -0.15) is 12.6 Å². The summed E-state index contributed by atoms with van der Waals surface area (Å²) in [5.41, 5.74) is 0. The maximum atomic E-state index is 5.61. The van der Waals surface area contributed by atoms with Crippen LogP contribution in [-0.4, -0.2) is 25.6 Å². The van der Waals surface area contributed by atoms with Crippen LogP contribution in [0.5, 0.6) is 5.75 Å². The minimum absolute atomic E-state index is 0.576. The zero-order valence-electron chi connectivity index (χ0n) is 9.63. The standard InChI is InChI=1S/C14H16O2S/c17-10-9-15-7-8-16-14-6-5-12-3-1-2-4-13(12)11-14/h1-6,11,17H,7-10H2.